The number of amides is 1. The number of rotatable bonds is 4. The van der Waals surface area contributed by atoms with Gasteiger partial charge in [-0.15, -0.1) is 0 Å². The summed E-state index contributed by atoms with van der Waals surface area (Å²) >= 11 is 0. The van der Waals surface area contributed by atoms with E-state index in [-0.39, 0.29) is 5.91 Å². The van der Waals surface area contributed by atoms with Crippen LogP contribution in [0.25, 0.3) is 17.0 Å². The maximum absolute atomic E-state index is 12.4. The van der Waals surface area contributed by atoms with Gasteiger partial charge in [0.1, 0.15) is 11.9 Å². The zero-order valence-corrected chi connectivity index (χ0v) is 13.8. The van der Waals surface area contributed by atoms with Crippen molar-refractivity contribution < 1.29 is 14.3 Å². The Morgan fingerprint density at radius 1 is 1.44 bits per heavy atom. The molecule has 1 atom stereocenters. The van der Waals surface area contributed by atoms with E-state index in [0.717, 1.165) is 24.1 Å². The third-order valence-electron chi connectivity index (χ3n) is 4.21. The molecule has 1 aliphatic heterocycles. The van der Waals surface area contributed by atoms with E-state index < -0.39 is 6.10 Å². The van der Waals surface area contributed by atoms with E-state index in [2.05, 4.69) is 15.3 Å². The molecule has 0 aliphatic carbocycles. The Morgan fingerprint density at radius 3 is 3.12 bits per heavy atom. The number of benzene rings is 1. The first-order chi connectivity index (χ1) is 12.2. The number of hydrogen-bond acceptors (Lipinski definition) is 5. The summed E-state index contributed by atoms with van der Waals surface area (Å²) in [6, 6.07) is 7.42. The van der Waals surface area contributed by atoms with Gasteiger partial charge in [0.2, 0.25) is 5.78 Å². The summed E-state index contributed by atoms with van der Waals surface area (Å²) < 4.78 is 12.7. The second kappa shape index (κ2) is 6.52. The summed E-state index contributed by atoms with van der Waals surface area (Å²) in [7, 11) is 1.57. The van der Waals surface area contributed by atoms with E-state index in [1.54, 1.807) is 13.3 Å². The minimum absolute atomic E-state index is 0.149. The van der Waals surface area contributed by atoms with Crippen molar-refractivity contribution in [2.75, 3.05) is 19.0 Å². The second-order valence-electron chi connectivity index (χ2n) is 5.86. The number of ether oxygens (including phenoxy) is 2. The molecule has 0 bridgehead atoms. The summed E-state index contributed by atoms with van der Waals surface area (Å²) in [5.41, 5.74) is 2.24. The number of imidazole rings is 1. The molecule has 1 fully saturated rings. The van der Waals surface area contributed by atoms with Crippen LogP contribution in [0.15, 0.2) is 42.9 Å². The molecule has 1 aromatic carbocycles. The molecule has 1 N–H and O–H groups in total. The highest BCUT2D eigenvalue weighted by atomic mass is 16.5. The van der Waals surface area contributed by atoms with E-state index in [4.69, 9.17) is 9.47 Å². The monoisotopic (exact) mass is 338 g/mol. The van der Waals surface area contributed by atoms with Crippen LogP contribution in [0.2, 0.25) is 0 Å². The maximum Gasteiger partial charge on any atom is 0.253 e. The van der Waals surface area contributed by atoms with Gasteiger partial charge in [-0.25, -0.2) is 9.97 Å². The number of methoxy groups -OCH3 is 1. The van der Waals surface area contributed by atoms with Crippen LogP contribution < -0.4 is 10.1 Å². The summed E-state index contributed by atoms with van der Waals surface area (Å²) in [6.07, 6.45) is 6.74. The molecular formula is C18H18N4O3. The lowest BCUT2D eigenvalue weighted by Gasteiger charge is -2.14. The number of fused-ring (bicyclic) bond motifs is 1. The number of hydrogen-bond donors (Lipinski definition) is 1. The largest absolute Gasteiger partial charge is 0.495 e. The van der Waals surface area contributed by atoms with Crippen LogP contribution in [0, 0.1) is 0 Å². The minimum Gasteiger partial charge on any atom is -0.495 e. The van der Waals surface area contributed by atoms with Crippen LogP contribution in [0.1, 0.15) is 12.8 Å². The summed E-state index contributed by atoms with van der Waals surface area (Å²) in [5.74, 6) is 1.07. The SMILES string of the molecule is COc1ccc(-c2cn3cccnc3n2)cc1NC(=O)C1CCCO1. The molecule has 3 aromatic rings. The van der Waals surface area contributed by atoms with E-state index in [1.807, 2.05) is 41.1 Å². The van der Waals surface area contributed by atoms with Gasteiger partial charge in [-0.3, -0.25) is 9.20 Å². The molecule has 25 heavy (non-hydrogen) atoms. The fourth-order valence-corrected chi connectivity index (χ4v) is 2.93. The highest BCUT2D eigenvalue weighted by molar-refractivity contribution is 5.96. The van der Waals surface area contributed by atoms with Crippen molar-refractivity contribution in [1.29, 1.82) is 0 Å². The lowest BCUT2D eigenvalue weighted by Crippen LogP contribution is -2.27. The topological polar surface area (TPSA) is 77.8 Å². The quantitative estimate of drug-likeness (QED) is 0.791. The first kappa shape index (κ1) is 15.6. The molecule has 1 saturated heterocycles. The lowest BCUT2D eigenvalue weighted by molar-refractivity contribution is -0.124. The molecule has 3 heterocycles. The van der Waals surface area contributed by atoms with Crippen molar-refractivity contribution in [3.8, 4) is 17.0 Å². The maximum atomic E-state index is 12.4. The van der Waals surface area contributed by atoms with Crippen LogP contribution in [0.3, 0.4) is 0 Å². The van der Waals surface area contributed by atoms with Gasteiger partial charge in [0.15, 0.2) is 0 Å². The third-order valence-corrected chi connectivity index (χ3v) is 4.21. The molecule has 128 valence electrons. The van der Waals surface area contributed by atoms with Crippen LogP contribution in [0.4, 0.5) is 5.69 Å². The Kier molecular flexibility index (Phi) is 4.07. The van der Waals surface area contributed by atoms with E-state index in [1.165, 1.54) is 0 Å². The average Bonchev–Trinajstić information content (AvgIpc) is 3.31. The van der Waals surface area contributed by atoms with Crippen molar-refractivity contribution >= 4 is 17.4 Å². The fraction of sp³-hybridized carbons (Fsp3) is 0.278. The molecule has 1 unspecified atom stereocenters. The zero-order chi connectivity index (χ0) is 17.2. The number of carbonyl (C=O) groups is 1. The van der Waals surface area contributed by atoms with Crippen LogP contribution in [-0.2, 0) is 9.53 Å². The Balaban J connectivity index is 1.66. The van der Waals surface area contributed by atoms with Crippen LogP contribution >= 0.6 is 0 Å². The Labute approximate surface area is 144 Å². The first-order valence-electron chi connectivity index (χ1n) is 8.15. The molecule has 0 saturated carbocycles. The second-order valence-corrected chi connectivity index (χ2v) is 5.86. The van der Waals surface area contributed by atoms with Crippen molar-refractivity contribution in [2.45, 2.75) is 18.9 Å². The molecule has 1 amide bonds. The van der Waals surface area contributed by atoms with E-state index in [9.17, 15) is 4.79 Å². The number of anilines is 1. The Hall–Kier alpha value is -2.93. The molecule has 2 aromatic heterocycles. The van der Waals surface area contributed by atoms with Gasteiger partial charge in [0, 0.05) is 30.8 Å². The van der Waals surface area contributed by atoms with Crippen LogP contribution in [-0.4, -0.2) is 40.1 Å². The van der Waals surface area contributed by atoms with Gasteiger partial charge in [0.05, 0.1) is 18.5 Å². The molecular weight excluding hydrogens is 320 g/mol. The van der Waals surface area contributed by atoms with Gasteiger partial charge in [-0.1, -0.05) is 0 Å². The van der Waals surface area contributed by atoms with Crippen molar-refractivity contribution in [1.82, 2.24) is 14.4 Å². The minimum atomic E-state index is -0.396. The number of nitrogens with zero attached hydrogens (tertiary/aromatic N) is 3. The van der Waals surface area contributed by atoms with Crippen molar-refractivity contribution in [3.05, 3.63) is 42.9 Å². The van der Waals surface area contributed by atoms with Crippen molar-refractivity contribution in [3.63, 3.8) is 0 Å². The van der Waals surface area contributed by atoms with Gasteiger partial charge < -0.3 is 14.8 Å². The predicted molar refractivity (Wildman–Crippen MR) is 92.6 cm³/mol. The molecule has 0 radical (unpaired) electrons. The molecule has 7 heteroatoms. The van der Waals surface area contributed by atoms with Gasteiger partial charge in [-0.05, 0) is 37.1 Å². The van der Waals surface area contributed by atoms with Gasteiger partial charge in [0.25, 0.3) is 5.91 Å². The lowest BCUT2D eigenvalue weighted by atomic mass is 10.1. The number of carbonyl (C=O) groups excluding carboxylic acids is 1. The van der Waals surface area contributed by atoms with Gasteiger partial charge >= 0.3 is 0 Å². The van der Waals surface area contributed by atoms with E-state index >= 15 is 0 Å². The summed E-state index contributed by atoms with van der Waals surface area (Å²) in [6.45, 7) is 0.628. The molecule has 0 spiro atoms. The number of aromatic nitrogens is 3. The summed E-state index contributed by atoms with van der Waals surface area (Å²) in [5, 5.41) is 2.91. The molecule has 4 rings (SSSR count). The smallest absolute Gasteiger partial charge is 0.253 e. The highest BCUT2D eigenvalue weighted by Gasteiger charge is 2.24. The third kappa shape index (κ3) is 3.06. The standard InChI is InChI=1S/C18H18N4O3/c1-24-15-6-5-12(14-11-22-8-3-7-19-18(22)21-14)10-13(15)20-17(23)16-4-2-9-25-16/h3,5-8,10-11,16H,2,4,9H2,1H3,(H,20,23). The van der Waals surface area contributed by atoms with Crippen LogP contribution in [0.5, 0.6) is 5.75 Å². The normalized spacial score (nSPS) is 16.9. The zero-order valence-electron chi connectivity index (χ0n) is 13.8. The predicted octanol–water partition coefficient (Wildman–Crippen LogP) is 2.52. The van der Waals surface area contributed by atoms with Gasteiger partial charge in [-0.2, -0.15) is 0 Å². The fourth-order valence-electron chi connectivity index (χ4n) is 2.93. The average molecular weight is 338 g/mol. The number of nitrogens with one attached hydrogen (secondary N) is 1. The molecule has 7 nitrogen and oxygen atoms in total. The summed E-state index contributed by atoms with van der Waals surface area (Å²) in [4.78, 5) is 21.1. The highest BCUT2D eigenvalue weighted by Crippen LogP contribution is 2.31. The molecule has 1 aliphatic rings. The Bertz CT molecular complexity index is 883. The van der Waals surface area contributed by atoms with Crippen molar-refractivity contribution in [2.24, 2.45) is 0 Å². The first-order valence-corrected chi connectivity index (χ1v) is 8.15. The van der Waals surface area contributed by atoms with E-state index in [0.29, 0.717) is 23.8 Å². The Morgan fingerprint density at radius 2 is 2.36 bits per heavy atom.